The van der Waals surface area contributed by atoms with E-state index in [9.17, 15) is 0 Å². The molecule has 144 valence electrons. The standard InChI is InChI=1S/C22H30N4S/c1-2-3-14-26-21(20(24-22(26)27)19-11-7-8-13-23-19)17-12-15-25(16-17)18-9-5-4-6-10-18/h7-8,11-13,15-16,18,20-21H,2-6,9-10,14H2,1H3,(H,24,27)/t20-,21+/m1/s1. The Hall–Kier alpha value is -1.88. The van der Waals surface area contributed by atoms with Gasteiger partial charge in [0.25, 0.3) is 0 Å². The molecule has 0 radical (unpaired) electrons. The van der Waals surface area contributed by atoms with Crippen molar-refractivity contribution < 1.29 is 0 Å². The minimum absolute atomic E-state index is 0.109. The second-order valence-corrected chi connectivity index (χ2v) is 8.24. The van der Waals surface area contributed by atoms with Gasteiger partial charge in [-0.25, -0.2) is 0 Å². The van der Waals surface area contributed by atoms with Crippen LogP contribution in [0.1, 0.15) is 81.3 Å². The molecule has 4 rings (SSSR count). The molecule has 2 fully saturated rings. The summed E-state index contributed by atoms with van der Waals surface area (Å²) in [6.07, 6.45) is 15.5. The third-order valence-corrected chi connectivity index (χ3v) is 6.38. The smallest absolute Gasteiger partial charge is 0.170 e. The second-order valence-electron chi connectivity index (χ2n) is 7.86. The fourth-order valence-electron chi connectivity index (χ4n) is 4.55. The van der Waals surface area contributed by atoms with E-state index >= 15 is 0 Å². The second kappa shape index (κ2) is 8.42. The van der Waals surface area contributed by atoms with Crippen molar-refractivity contribution in [2.24, 2.45) is 0 Å². The number of hydrogen-bond donors (Lipinski definition) is 1. The maximum Gasteiger partial charge on any atom is 0.170 e. The molecule has 0 amide bonds. The molecule has 2 atom stereocenters. The van der Waals surface area contributed by atoms with E-state index in [4.69, 9.17) is 12.2 Å². The first-order valence-electron chi connectivity index (χ1n) is 10.4. The van der Waals surface area contributed by atoms with Gasteiger partial charge in [-0.05, 0) is 55.2 Å². The van der Waals surface area contributed by atoms with Crippen LogP contribution in [0, 0.1) is 0 Å². The van der Waals surface area contributed by atoms with Crippen molar-refractivity contribution in [3.8, 4) is 0 Å². The number of unbranched alkanes of at least 4 members (excludes halogenated alkanes) is 1. The maximum atomic E-state index is 5.72. The monoisotopic (exact) mass is 382 g/mol. The summed E-state index contributed by atoms with van der Waals surface area (Å²) in [5.41, 5.74) is 2.41. The van der Waals surface area contributed by atoms with Crippen molar-refractivity contribution in [1.29, 1.82) is 0 Å². The van der Waals surface area contributed by atoms with Crippen LogP contribution in [-0.4, -0.2) is 26.1 Å². The molecule has 1 saturated heterocycles. The average Bonchev–Trinajstić information content (AvgIpc) is 3.32. The van der Waals surface area contributed by atoms with E-state index in [0.29, 0.717) is 6.04 Å². The zero-order chi connectivity index (χ0) is 18.6. The number of pyridine rings is 1. The molecule has 4 nitrogen and oxygen atoms in total. The van der Waals surface area contributed by atoms with Crippen molar-refractivity contribution in [3.63, 3.8) is 0 Å². The summed E-state index contributed by atoms with van der Waals surface area (Å²) in [5.74, 6) is 0. The van der Waals surface area contributed by atoms with E-state index in [0.717, 1.165) is 23.8 Å². The predicted molar refractivity (Wildman–Crippen MR) is 114 cm³/mol. The highest BCUT2D eigenvalue weighted by molar-refractivity contribution is 7.80. The normalized spacial score (nSPS) is 23.6. The van der Waals surface area contributed by atoms with Gasteiger partial charge < -0.3 is 14.8 Å². The first-order valence-corrected chi connectivity index (χ1v) is 10.8. The van der Waals surface area contributed by atoms with Gasteiger partial charge in [0.2, 0.25) is 0 Å². The Morgan fingerprint density at radius 2 is 2.04 bits per heavy atom. The van der Waals surface area contributed by atoms with Crippen LogP contribution in [0.5, 0.6) is 0 Å². The molecule has 5 heteroatoms. The molecule has 1 aliphatic carbocycles. The van der Waals surface area contributed by atoms with E-state index in [-0.39, 0.29) is 12.1 Å². The Morgan fingerprint density at radius 1 is 1.19 bits per heavy atom. The van der Waals surface area contributed by atoms with Crippen molar-refractivity contribution in [1.82, 2.24) is 19.8 Å². The van der Waals surface area contributed by atoms with Crippen LogP contribution in [0.25, 0.3) is 0 Å². The van der Waals surface area contributed by atoms with Gasteiger partial charge in [-0.1, -0.05) is 38.7 Å². The van der Waals surface area contributed by atoms with Crippen molar-refractivity contribution in [3.05, 3.63) is 54.1 Å². The zero-order valence-corrected chi connectivity index (χ0v) is 17.0. The third-order valence-electron chi connectivity index (χ3n) is 6.03. The van der Waals surface area contributed by atoms with Crippen molar-refractivity contribution in [2.75, 3.05) is 6.54 Å². The lowest BCUT2D eigenvalue weighted by atomic mass is 9.95. The van der Waals surface area contributed by atoms with E-state index in [1.165, 1.54) is 44.1 Å². The molecule has 2 aliphatic rings. The van der Waals surface area contributed by atoms with Crippen LogP contribution < -0.4 is 5.32 Å². The van der Waals surface area contributed by atoms with Gasteiger partial charge >= 0.3 is 0 Å². The van der Waals surface area contributed by atoms with Crippen LogP contribution in [0.15, 0.2) is 42.9 Å². The predicted octanol–water partition coefficient (Wildman–Crippen LogP) is 5.16. The highest BCUT2D eigenvalue weighted by atomic mass is 32.1. The third kappa shape index (κ3) is 3.88. The molecular formula is C22H30N4S. The summed E-state index contributed by atoms with van der Waals surface area (Å²) in [7, 11) is 0. The Kier molecular flexibility index (Phi) is 5.77. The molecule has 0 aromatic carbocycles. The molecule has 0 unspecified atom stereocenters. The molecule has 2 aromatic heterocycles. The van der Waals surface area contributed by atoms with Crippen LogP contribution in [-0.2, 0) is 0 Å². The Balaban J connectivity index is 1.64. The average molecular weight is 383 g/mol. The number of thiocarbonyl (C=S) groups is 1. The minimum Gasteiger partial charge on any atom is -0.352 e. The summed E-state index contributed by atoms with van der Waals surface area (Å²) in [4.78, 5) is 7.00. The van der Waals surface area contributed by atoms with Gasteiger partial charge in [0.15, 0.2) is 5.11 Å². The number of hydrogen-bond acceptors (Lipinski definition) is 2. The van der Waals surface area contributed by atoms with Crippen LogP contribution in [0.4, 0.5) is 0 Å². The fraction of sp³-hybridized carbons (Fsp3) is 0.545. The number of rotatable bonds is 6. The topological polar surface area (TPSA) is 33.1 Å². The summed E-state index contributed by atoms with van der Waals surface area (Å²) in [6, 6.07) is 9.41. The summed E-state index contributed by atoms with van der Waals surface area (Å²) >= 11 is 5.72. The number of nitrogens with one attached hydrogen (secondary N) is 1. The van der Waals surface area contributed by atoms with Gasteiger partial charge in [-0.3, -0.25) is 4.98 Å². The van der Waals surface area contributed by atoms with Gasteiger partial charge in [-0.15, -0.1) is 0 Å². The first kappa shape index (κ1) is 18.5. The Morgan fingerprint density at radius 3 is 2.78 bits per heavy atom. The van der Waals surface area contributed by atoms with Crippen LogP contribution >= 0.6 is 12.2 Å². The highest BCUT2D eigenvalue weighted by Gasteiger charge is 2.39. The lowest BCUT2D eigenvalue weighted by molar-refractivity contribution is 0.310. The molecule has 1 saturated carbocycles. The number of nitrogens with zero attached hydrogens (tertiary/aromatic N) is 3. The van der Waals surface area contributed by atoms with E-state index in [2.05, 4.69) is 57.3 Å². The van der Waals surface area contributed by atoms with Gasteiger partial charge in [0.05, 0.1) is 17.8 Å². The first-order chi connectivity index (χ1) is 13.3. The molecule has 3 heterocycles. The lowest BCUT2D eigenvalue weighted by Crippen LogP contribution is -2.30. The van der Waals surface area contributed by atoms with Crippen LogP contribution in [0.2, 0.25) is 0 Å². The van der Waals surface area contributed by atoms with Crippen molar-refractivity contribution >= 4 is 17.3 Å². The van der Waals surface area contributed by atoms with Crippen molar-refractivity contribution in [2.45, 2.75) is 70.0 Å². The van der Waals surface area contributed by atoms with Gasteiger partial charge in [0, 0.05) is 31.2 Å². The molecule has 27 heavy (non-hydrogen) atoms. The van der Waals surface area contributed by atoms with Gasteiger partial charge in [-0.2, -0.15) is 0 Å². The Labute approximate surface area is 168 Å². The highest BCUT2D eigenvalue weighted by Crippen LogP contribution is 2.39. The molecule has 1 aliphatic heterocycles. The molecule has 0 spiro atoms. The van der Waals surface area contributed by atoms with Crippen LogP contribution in [0.3, 0.4) is 0 Å². The van der Waals surface area contributed by atoms with E-state index in [1.807, 2.05) is 12.3 Å². The largest absolute Gasteiger partial charge is 0.352 e. The quantitative estimate of drug-likeness (QED) is 0.700. The van der Waals surface area contributed by atoms with Gasteiger partial charge in [0.1, 0.15) is 0 Å². The summed E-state index contributed by atoms with van der Waals surface area (Å²) in [6.45, 7) is 3.22. The van der Waals surface area contributed by atoms with E-state index in [1.54, 1.807) is 0 Å². The zero-order valence-electron chi connectivity index (χ0n) is 16.2. The minimum atomic E-state index is 0.109. The summed E-state index contributed by atoms with van der Waals surface area (Å²) in [5, 5.41) is 4.41. The molecule has 1 N–H and O–H groups in total. The number of aromatic nitrogens is 2. The fourth-order valence-corrected chi connectivity index (χ4v) is 4.88. The molecular weight excluding hydrogens is 352 g/mol. The SMILES string of the molecule is CCCCN1C(=S)N[C@H](c2ccccn2)[C@@H]1c1ccn(C2CCCCC2)c1. The maximum absolute atomic E-state index is 5.72. The lowest BCUT2D eigenvalue weighted by Gasteiger charge is -2.27. The molecule has 2 aromatic rings. The Bertz CT molecular complexity index is 751. The van der Waals surface area contributed by atoms with E-state index < -0.39 is 0 Å². The molecule has 0 bridgehead atoms. The summed E-state index contributed by atoms with van der Waals surface area (Å²) < 4.78 is 2.45.